The maximum Gasteiger partial charge on any atom is 0.503 e. The molecule has 0 bridgehead atoms. The van der Waals surface area contributed by atoms with Crippen molar-refractivity contribution in [3.8, 4) is 0 Å². The molecule has 0 rings (SSSR count). The molecule has 0 amide bonds. The van der Waals surface area contributed by atoms with Gasteiger partial charge in [-0.3, -0.25) is 0 Å². The SMILES string of the molecule is CO[Si](CCO)(OCCN)OCCCO. The molecule has 0 saturated carbocycles. The second-order valence-corrected chi connectivity index (χ2v) is 5.78. The third-order valence-corrected chi connectivity index (χ3v) is 4.54. The largest absolute Gasteiger partial charge is 0.503 e. The van der Waals surface area contributed by atoms with E-state index in [1.165, 1.54) is 7.11 Å². The van der Waals surface area contributed by atoms with E-state index in [-0.39, 0.29) is 13.2 Å². The van der Waals surface area contributed by atoms with Crippen molar-refractivity contribution >= 4 is 8.80 Å². The predicted octanol–water partition coefficient (Wildman–Crippen LogP) is -1.06. The third kappa shape index (κ3) is 6.20. The van der Waals surface area contributed by atoms with E-state index in [1.54, 1.807) is 0 Å². The molecule has 0 aromatic carbocycles. The third-order valence-electron chi connectivity index (χ3n) is 1.79. The molecular weight excluding hydrogens is 218 g/mol. The molecule has 92 valence electrons. The van der Waals surface area contributed by atoms with Gasteiger partial charge in [-0.2, -0.15) is 0 Å². The Labute approximate surface area is 91.3 Å². The molecule has 0 heterocycles. The minimum atomic E-state index is -2.77. The van der Waals surface area contributed by atoms with E-state index in [4.69, 9.17) is 29.2 Å². The van der Waals surface area contributed by atoms with Crippen LogP contribution in [0.5, 0.6) is 0 Å². The van der Waals surface area contributed by atoms with Gasteiger partial charge in [-0.05, 0) is 6.42 Å². The van der Waals surface area contributed by atoms with Gasteiger partial charge in [-0.1, -0.05) is 0 Å². The van der Waals surface area contributed by atoms with Crippen LogP contribution in [0.4, 0.5) is 0 Å². The molecule has 15 heavy (non-hydrogen) atoms. The van der Waals surface area contributed by atoms with Gasteiger partial charge in [-0.25, -0.2) is 0 Å². The fraction of sp³-hybridized carbons (Fsp3) is 1.00. The van der Waals surface area contributed by atoms with Gasteiger partial charge in [0.15, 0.2) is 0 Å². The first-order valence-corrected chi connectivity index (χ1v) is 6.92. The highest BCUT2D eigenvalue weighted by Crippen LogP contribution is 2.14. The van der Waals surface area contributed by atoms with Crippen molar-refractivity contribution in [2.75, 3.05) is 40.1 Å². The zero-order chi connectivity index (χ0) is 11.6. The van der Waals surface area contributed by atoms with Crippen molar-refractivity contribution in [2.24, 2.45) is 5.73 Å². The molecule has 6 nitrogen and oxygen atoms in total. The highest BCUT2D eigenvalue weighted by Gasteiger charge is 2.39. The standard InChI is InChI=1S/C8H21NO5Si/c1-12-15(8-5-11,14-7-3-9)13-6-2-4-10/h10-11H,2-9H2,1H3. The van der Waals surface area contributed by atoms with Crippen LogP contribution < -0.4 is 5.73 Å². The summed E-state index contributed by atoms with van der Waals surface area (Å²) in [5, 5.41) is 17.5. The quantitative estimate of drug-likeness (QED) is 0.332. The maximum absolute atomic E-state index is 8.90. The first-order valence-electron chi connectivity index (χ1n) is 4.99. The van der Waals surface area contributed by atoms with E-state index >= 15 is 0 Å². The molecule has 0 aliphatic rings. The number of aliphatic hydroxyl groups excluding tert-OH is 2. The molecule has 0 spiro atoms. The topological polar surface area (TPSA) is 94.2 Å². The minimum absolute atomic E-state index is 0.0518. The zero-order valence-corrected chi connectivity index (χ0v) is 10.1. The van der Waals surface area contributed by atoms with E-state index in [9.17, 15) is 0 Å². The summed E-state index contributed by atoms with van der Waals surface area (Å²) in [6.45, 7) is 1.10. The summed E-state index contributed by atoms with van der Waals surface area (Å²) >= 11 is 0. The van der Waals surface area contributed by atoms with Gasteiger partial charge in [-0.15, -0.1) is 0 Å². The summed E-state index contributed by atoms with van der Waals surface area (Å²) in [5.41, 5.74) is 5.33. The first kappa shape index (κ1) is 15.0. The lowest BCUT2D eigenvalue weighted by atomic mass is 10.5. The molecular formula is C8H21NO5Si. The van der Waals surface area contributed by atoms with Gasteiger partial charge < -0.3 is 29.2 Å². The second kappa shape index (κ2) is 9.22. The zero-order valence-electron chi connectivity index (χ0n) is 9.15. The lowest BCUT2D eigenvalue weighted by Crippen LogP contribution is -2.47. The van der Waals surface area contributed by atoms with E-state index in [2.05, 4.69) is 0 Å². The first-order chi connectivity index (χ1) is 7.24. The Bertz CT molecular complexity index is 151. The molecule has 0 fully saturated rings. The maximum atomic E-state index is 8.90. The molecule has 0 aromatic rings. The van der Waals surface area contributed by atoms with Crippen molar-refractivity contribution in [3.05, 3.63) is 0 Å². The van der Waals surface area contributed by atoms with Crippen LogP contribution in [0.15, 0.2) is 0 Å². The number of rotatable bonds is 10. The normalized spacial score (nSPS) is 15.2. The molecule has 0 aliphatic carbocycles. The van der Waals surface area contributed by atoms with Crippen LogP contribution in [-0.4, -0.2) is 59.1 Å². The van der Waals surface area contributed by atoms with E-state index in [0.717, 1.165) is 0 Å². The van der Waals surface area contributed by atoms with E-state index in [1.807, 2.05) is 0 Å². The number of nitrogens with two attached hydrogens (primary N) is 1. The summed E-state index contributed by atoms with van der Waals surface area (Å²) in [7, 11) is -1.27. The van der Waals surface area contributed by atoms with Crippen molar-refractivity contribution in [1.29, 1.82) is 0 Å². The number of hydrogen-bond acceptors (Lipinski definition) is 6. The van der Waals surface area contributed by atoms with Crippen LogP contribution in [0.2, 0.25) is 6.04 Å². The molecule has 0 radical (unpaired) electrons. The summed E-state index contributed by atoms with van der Waals surface area (Å²) in [6.07, 6.45) is 0.523. The fourth-order valence-corrected chi connectivity index (χ4v) is 3.02. The van der Waals surface area contributed by atoms with Crippen LogP contribution in [0.1, 0.15) is 6.42 Å². The van der Waals surface area contributed by atoms with Gasteiger partial charge in [0.25, 0.3) is 0 Å². The van der Waals surface area contributed by atoms with Crippen LogP contribution in [-0.2, 0) is 13.3 Å². The highest BCUT2D eigenvalue weighted by molar-refractivity contribution is 6.60. The van der Waals surface area contributed by atoms with Gasteiger partial charge in [0.2, 0.25) is 0 Å². The average molecular weight is 239 g/mol. The molecule has 1 atom stereocenters. The monoisotopic (exact) mass is 239 g/mol. The predicted molar refractivity (Wildman–Crippen MR) is 57.3 cm³/mol. The second-order valence-electron chi connectivity index (χ2n) is 2.92. The van der Waals surface area contributed by atoms with Gasteiger partial charge in [0.05, 0.1) is 6.61 Å². The fourth-order valence-electron chi connectivity index (χ4n) is 1.05. The number of aliphatic hydroxyl groups is 2. The van der Waals surface area contributed by atoms with Gasteiger partial charge in [0, 0.05) is 39.5 Å². The molecule has 0 aliphatic heterocycles. The summed E-state index contributed by atoms with van der Waals surface area (Å²) in [6, 6.07) is 0.342. The molecule has 1 unspecified atom stereocenters. The van der Waals surface area contributed by atoms with Crippen LogP contribution in [0.25, 0.3) is 0 Å². The Morgan fingerprint density at radius 1 is 1.13 bits per heavy atom. The van der Waals surface area contributed by atoms with Gasteiger partial charge in [0.1, 0.15) is 0 Å². The Morgan fingerprint density at radius 2 is 1.80 bits per heavy atom. The Hall–Kier alpha value is -0.0231. The average Bonchev–Trinajstić information content (AvgIpc) is 2.26. The summed E-state index contributed by atoms with van der Waals surface area (Å²) in [4.78, 5) is 0. The van der Waals surface area contributed by atoms with Crippen molar-refractivity contribution in [2.45, 2.75) is 12.5 Å². The molecule has 0 aromatic heterocycles. The highest BCUT2D eigenvalue weighted by atomic mass is 28.4. The number of hydrogen-bond donors (Lipinski definition) is 3. The molecule has 7 heteroatoms. The smallest absolute Gasteiger partial charge is 0.396 e. The van der Waals surface area contributed by atoms with Crippen LogP contribution in [0.3, 0.4) is 0 Å². The van der Waals surface area contributed by atoms with Crippen molar-refractivity contribution < 1.29 is 23.5 Å². The molecule has 0 saturated heterocycles. The minimum Gasteiger partial charge on any atom is -0.396 e. The van der Waals surface area contributed by atoms with E-state index in [0.29, 0.717) is 32.2 Å². The molecule has 4 N–H and O–H groups in total. The Morgan fingerprint density at radius 3 is 2.27 bits per heavy atom. The summed E-state index contributed by atoms with van der Waals surface area (Å²) < 4.78 is 16.1. The van der Waals surface area contributed by atoms with Crippen LogP contribution >= 0.6 is 0 Å². The lowest BCUT2D eigenvalue weighted by Gasteiger charge is -2.27. The van der Waals surface area contributed by atoms with Crippen LogP contribution in [0, 0.1) is 0 Å². The van der Waals surface area contributed by atoms with Crippen molar-refractivity contribution in [1.82, 2.24) is 0 Å². The van der Waals surface area contributed by atoms with Gasteiger partial charge >= 0.3 is 8.80 Å². The Kier molecular flexibility index (Phi) is 9.21. The summed E-state index contributed by atoms with van der Waals surface area (Å²) in [5.74, 6) is 0. The lowest BCUT2D eigenvalue weighted by molar-refractivity contribution is 0.0695. The Balaban J connectivity index is 4.09. The van der Waals surface area contributed by atoms with E-state index < -0.39 is 8.80 Å². The van der Waals surface area contributed by atoms with Crippen molar-refractivity contribution in [3.63, 3.8) is 0 Å².